The van der Waals surface area contributed by atoms with Gasteiger partial charge in [-0.3, -0.25) is 4.79 Å². The number of ether oxygens (including phenoxy) is 2. The van der Waals surface area contributed by atoms with Crippen molar-refractivity contribution in [1.82, 2.24) is 0 Å². The molecule has 1 saturated heterocycles. The fraction of sp³-hybridized carbons (Fsp3) is 0.350. The lowest BCUT2D eigenvalue weighted by Crippen LogP contribution is -2.24. The van der Waals surface area contributed by atoms with Gasteiger partial charge in [0.1, 0.15) is 17.3 Å². The van der Waals surface area contributed by atoms with E-state index in [0.29, 0.717) is 17.9 Å². The summed E-state index contributed by atoms with van der Waals surface area (Å²) in [6.07, 6.45) is 2.80. The Kier molecular flexibility index (Phi) is 5.34. The van der Waals surface area contributed by atoms with Gasteiger partial charge in [0.25, 0.3) is 0 Å². The first kappa shape index (κ1) is 17.4. The molecule has 1 fully saturated rings. The van der Waals surface area contributed by atoms with Crippen molar-refractivity contribution in [2.45, 2.75) is 38.9 Å². The van der Waals surface area contributed by atoms with Gasteiger partial charge < -0.3 is 14.6 Å². The molecule has 2 aromatic rings. The van der Waals surface area contributed by atoms with Gasteiger partial charge in [0.05, 0.1) is 12.2 Å². The molecule has 132 valence electrons. The number of hydrogen-bond donors (Lipinski definition) is 1. The van der Waals surface area contributed by atoms with E-state index in [1.165, 1.54) is 12.1 Å². The Morgan fingerprint density at radius 1 is 1.28 bits per heavy atom. The summed E-state index contributed by atoms with van der Waals surface area (Å²) < 4.78 is 25.2. The highest BCUT2D eigenvalue weighted by Crippen LogP contribution is 2.25. The van der Waals surface area contributed by atoms with Crippen LogP contribution in [0.25, 0.3) is 0 Å². The lowest BCUT2D eigenvalue weighted by Gasteiger charge is -2.23. The zero-order valence-corrected chi connectivity index (χ0v) is 14.1. The molecule has 1 aliphatic heterocycles. The average Bonchev–Trinajstić information content (AvgIpc) is 2.56. The lowest BCUT2D eigenvalue weighted by atomic mass is 10.0. The molecule has 4 nitrogen and oxygen atoms in total. The van der Waals surface area contributed by atoms with Crippen molar-refractivity contribution >= 4 is 5.78 Å². The second-order valence-electron chi connectivity index (χ2n) is 6.30. The third-order valence-electron chi connectivity index (χ3n) is 4.19. The monoisotopic (exact) mass is 344 g/mol. The lowest BCUT2D eigenvalue weighted by molar-refractivity contribution is -0.105. The third kappa shape index (κ3) is 4.37. The highest BCUT2D eigenvalue weighted by Gasteiger charge is 2.18. The highest BCUT2D eigenvalue weighted by atomic mass is 19.1. The van der Waals surface area contributed by atoms with E-state index in [9.17, 15) is 14.3 Å². The van der Waals surface area contributed by atoms with Crippen LogP contribution >= 0.6 is 0 Å². The second-order valence-corrected chi connectivity index (χ2v) is 6.30. The first-order valence-corrected chi connectivity index (χ1v) is 8.42. The predicted octanol–water partition coefficient (Wildman–Crippen LogP) is 4.17. The minimum Gasteiger partial charge on any atom is -0.507 e. The van der Waals surface area contributed by atoms with Crippen LogP contribution in [-0.4, -0.2) is 23.8 Å². The van der Waals surface area contributed by atoms with E-state index in [1.54, 1.807) is 31.2 Å². The minimum absolute atomic E-state index is 0.00769. The summed E-state index contributed by atoms with van der Waals surface area (Å²) in [6, 6.07) is 9.70. The van der Waals surface area contributed by atoms with Gasteiger partial charge in [-0.05, 0) is 55.2 Å². The maximum absolute atomic E-state index is 14.0. The molecule has 1 N–H and O–H groups in total. The van der Waals surface area contributed by atoms with E-state index in [4.69, 9.17) is 9.47 Å². The van der Waals surface area contributed by atoms with Gasteiger partial charge in [0.2, 0.25) is 0 Å². The molecule has 1 heterocycles. The Balaban J connectivity index is 1.66. The van der Waals surface area contributed by atoms with Crippen molar-refractivity contribution in [2.75, 3.05) is 6.61 Å². The summed E-state index contributed by atoms with van der Waals surface area (Å²) in [7, 11) is 0. The van der Waals surface area contributed by atoms with Crippen LogP contribution in [0.1, 0.15) is 40.7 Å². The summed E-state index contributed by atoms with van der Waals surface area (Å²) in [4.78, 5) is 12.3. The number of phenols is 1. The number of Topliss-reactive ketones (excluding diaryl/α,β-unsaturated/α-hetero) is 1. The van der Waals surface area contributed by atoms with E-state index in [-0.39, 0.29) is 24.0 Å². The summed E-state index contributed by atoms with van der Waals surface area (Å²) in [5.74, 6) is -0.805. The molecule has 0 saturated carbocycles. The van der Waals surface area contributed by atoms with Gasteiger partial charge in [-0.1, -0.05) is 12.1 Å². The number of halogens is 1. The molecule has 2 aromatic carbocycles. The Morgan fingerprint density at radius 2 is 2.04 bits per heavy atom. The molecule has 3 rings (SSSR count). The Morgan fingerprint density at radius 3 is 2.68 bits per heavy atom. The van der Waals surface area contributed by atoms with Gasteiger partial charge in [-0.15, -0.1) is 0 Å². The van der Waals surface area contributed by atoms with Gasteiger partial charge in [-0.25, -0.2) is 4.39 Å². The second kappa shape index (κ2) is 7.66. The molecule has 0 aliphatic carbocycles. The maximum Gasteiger partial charge on any atom is 0.199 e. The molecular formula is C20H21FO4. The van der Waals surface area contributed by atoms with Gasteiger partial charge in [0.15, 0.2) is 12.1 Å². The predicted molar refractivity (Wildman–Crippen MR) is 91.5 cm³/mol. The smallest absolute Gasteiger partial charge is 0.199 e. The number of carbonyl (C=O) groups excluding carboxylic acids is 1. The topological polar surface area (TPSA) is 55.8 Å². The average molecular weight is 344 g/mol. The maximum atomic E-state index is 14.0. The normalized spacial score (nSPS) is 17.3. The van der Waals surface area contributed by atoms with Gasteiger partial charge >= 0.3 is 0 Å². The number of benzene rings is 2. The van der Waals surface area contributed by atoms with Crippen LogP contribution in [0, 0.1) is 12.7 Å². The number of rotatable bonds is 5. The number of carbonyl (C=O) groups is 1. The van der Waals surface area contributed by atoms with E-state index < -0.39 is 11.6 Å². The van der Waals surface area contributed by atoms with Crippen molar-refractivity contribution in [3.63, 3.8) is 0 Å². The molecule has 1 unspecified atom stereocenters. The molecule has 1 atom stereocenters. The van der Waals surface area contributed by atoms with Gasteiger partial charge in [-0.2, -0.15) is 0 Å². The highest BCUT2D eigenvalue weighted by molar-refractivity contribution is 6.00. The van der Waals surface area contributed by atoms with Crippen molar-refractivity contribution < 1.29 is 23.8 Å². The standard InChI is InChI=1S/C20H21FO4/c1-13-10-16(21)20(17(22)11-13)18(23)12-14-5-7-15(8-6-14)25-19-4-2-3-9-24-19/h5-8,10-11,19,22H,2-4,9,12H2,1H3. The Labute approximate surface area is 146 Å². The SMILES string of the molecule is Cc1cc(O)c(C(=O)Cc2ccc(OC3CCCCO3)cc2)c(F)c1. The minimum atomic E-state index is -0.697. The Bertz CT molecular complexity index is 726. The van der Waals surface area contributed by atoms with Crippen LogP contribution in [0.4, 0.5) is 4.39 Å². The summed E-state index contributed by atoms with van der Waals surface area (Å²) >= 11 is 0. The zero-order chi connectivity index (χ0) is 17.8. The van der Waals surface area contributed by atoms with E-state index >= 15 is 0 Å². The number of aryl methyl sites for hydroxylation is 1. The van der Waals surface area contributed by atoms with E-state index in [1.807, 2.05) is 0 Å². The summed E-state index contributed by atoms with van der Waals surface area (Å²) in [5, 5.41) is 9.85. The summed E-state index contributed by atoms with van der Waals surface area (Å²) in [6.45, 7) is 2.37. The molecule has 1 aliphatic rings. The number of phenolic OH excluding ortho intramolecular Hbond substituents is 1. The molecule has 0 aromatic heterocycles. The third-order valence-corrected chi connectivity index (χ3v) is 4.19. The molecule has 5 heteroatoms. The van der Waals surface area contributed by atoms with E-state index in [2.05, 4.69) is 0 Å². The molecule has 0 radical (unpaired) electrons. The van der Waals surface area contributed by atoms with Crippen molar-refractivity contribution in [3.8, 4) is 11.5 Å². The molecule has 0 spiro atoms. The van der Waals surface area contributed by atoms with Crippen LogP contribution in [0.3, 0.4) is 0 Å². The van der Waals surface area contributed by atoms with Crippen LogP contribution in [-0.2, 0) is 11.2 Å². The number of aromatic hydroxyl groups is 1. The van der Waals surface area contributed by atoms with Gasteiger partial charge in [0, 0.05) is 12.8 Å². The molecule has 0 bridgehead atoms. The molecule has 0 amide bonds. The van der Waals surface area contributed by atoms with Crippen molar-refractivity contribution in [3.05, 3.63) is 58.9 Å². The van der Waals surface area contributed by atoms with Crippen LogP contribution in [0.2, 0.25) is 0 Å². The largest absolute Gasteiger partial charge is 0.507 e. The van der Waals surface area contributed by atoms with Crippen molar-refractivity contribution in [1.29, 1.82) is 0 Å². The van der Waals surface area contributed by atoms with Crippen LogP contribution < -0.4 is 4.74 Å². The molecular weight excluding hydrogens is 323 g/mol. The summed E-state index contributed by atoms with van der Waals surface area (Å²) in [5.41, 5.74) is 1.03. The van der Waals surface area contributed by atoms with Crippen LogP contribution in [0.15, 0.2) is 36.4 Å². The molecule has 25 heavy (non-hydrogen) atoms. The van der Waals surface area contributed by atoms with Crippen LogP contribution in [0.5, 0.6) is 11.5 Å². The first-order chi connectivity index (χ1) is 12.0. The fourth-order valence-electron chi connectivity index (χ4n) is 2.92. The quantitative estimate of drug-likeness (QED) is 0.827. The Hall–Kier alpha value is -2.40. The zero-order valence-electron chi connectivity index (χ0n) is 14.1. The van der Waals surface area contributed by atoms with Crippen molar-refractivity contribution in [2.24, 2.45) is 0 Å². The number of hydrogen-bond acceptors (Lipinski definition) is 4. The van der Waals surface area contributed by atoms with E-state index in [0.717, 1.165) is 24.8 Å². The fourth-order valence-corrected chi connectivity index (χ4v) is 2.92. The first-order valence-electron chi connectivity index (χ1n) is 8.42. The number of ketones is 1.